The highest BCUT2D eigenvalue weighted by atomic mass is 16.5. The van der Waals surface area contributed by atoms with Crippen molar-refractivity contribution in [3.8, 4) is 22.9 Å². The Bertz CT molecular complexity index is 1300. The number of nitrogens with one attached hydrogen (secondary N) is 1. The Morgan fingerprint density at radius 3 is 2.48 bits per heavy atom. The van der Waals surface area contributed by atoms with Gasteiger partial charge in [0.15, 0.2) is 5.82 Å². The van der Waals surface area contributed by atoms with E-state index in [0.29, 0.717) is 19.0 Å². The van der Waals surface area contributed by atoms with Crippen LogP contribution in [0.3, 0.4) is 0 Å². The molecule has 152 valence electrons. The fourth-order valence-corrected chi connectivity index (χ4v) is 3.32. The number of aromatic nitrogens is 4. The van der Waals surface area contributed by atoms with E-state index in [1.165, 1.54) is 6.33 Å². The number of para-hydroxylation sites is 1. The second-order valence-electron chi connectivity index (χ2n) is 7.08. The van der Waals surface area contributed by atoms with Crippen LogP contribution in [-0.4, -0.2) is 20.2 Å². The summed E-state index contributed by atoms with van der Waals surface area (Å²) in [4.78, 5) is 8.83. The molecular formula is C25H20N4O2. The van der Waals surface area contributed by atoms with E-state index in [1.54, 1.807) is 0 Å². The number of fused-ring (bicyclic) bond motifs is 1. The van der Waals surface area contributed by atoms with Gasteiger partial charge in [-0.1, -0.05) is 48.5 Å². The molecular weight excluding hydrogens is 388 g/mol. The zero-order valence-corrected chi connectivity index (χ0v) is 16.7. The van der Waals surface area contributed by atoms with Crippen LogP contribution < -0.4 is 9.47 Å². The van der Waals surface area contributed by atoms with Gasteiger partial charge >= 0.3 is 0 Å². The topological polar surface area (TPSA) is 72.9 Å². The van der Waals surface area contributed by atoms with Crippen LogP contribution in [-0.2, 0) is 13.2 Å². The molecule has 1 N–H and O–H groups in total. The van der Waals surface area contributed by atoms with Crippen molar-refractivity contribution in [2.24, 2.45) is 0 Å². The Hall–Kier alpha value is -4.19. The lowest BCUT2D eigenvalue weighted by Gasteiger charge is -2.10. The van der Waals surface area contributed by atoms with Gasteiger partial charge in [-0.2, -0.15) is 5.10 Å². The fourth-order valence-electron chi connectivity index (χ4n) is 3.32. The summed E-state index contributed by atoms with van der Waals surface area (Å²) in [5.74, 6) is 2.26. The van der Waals surface area contributed by atoms with Gasteiger partial charge in [0.05, 0.1) is 11.2 Å². The first-order valence-corrected chi connectivity index (χ1v) is 9.98. The van der Waals surface area contributed by atoms with E-state index in [1.807, 2.05) is 72.8 Å². The maximum atomic E-state index is 5.97. The predicted molar refractivity (Wildman–Crippen MR) is 119 cm³/mol. The molecule has 0 aliphatic rings. The van der Waals surface area contributed by atoms with Crippen molar-refractivity contribution in [3.63, 3.8) is 0 Å². The third-order valence-electron chi connectivity index (χ3n) is 4.87. The highest BCUT2D eigenvalue weighted by Crippen LogP contribution is 2.22. The van der Waals surface area contributed by atoms with Crippen molar-refractivity contribution >= 4 is 10.9 Å². The second kappa shape index (κ2) is 8.67. The number of aromatic amines is 1. The summed E-state index contributed by atoms with van der Waals surface area (Å²) in [7, 11) is 0. The SMILES string of the molecule is c1cc(COc2cccc(-c3ncn[nH]3)c2)cc(OCc2ccc3ccccc3n2)c1. The predicted octanol–water partition coefficient (Wildman–Crippen LogP) is 5.18. The number of rotatable bonds is 7. The van der Waals surface area contributed by atoms with Gasteiger partial charge in [-0.3, -0.25) is 5.10 Å². The molecule has 0 radical (unpaired) electrons. The van der Waals surface area contributed by atoms with Crippen molar-refractivity contribution < 1.29 is 9.47 Å². The number of benzene rings is 3. The van der Waals surface area contributed by atoms with Crippen LogP contribution in [0.1, 0.15) is 11.3 Å². The van der Waals surface area contributed by atoms with Gasteiger partial charge in [0.2, 0.25) is 0 Å². The Labute approximate surface area is 179 Å². The molecule has 0 spiro atoms. The van der Waals surface area contributed by atoms with E-state index in [-0.39, 0.29) is 0 Å². The number of ether oxygens (including phenoxy) is 2. The molecule has 6 nitrogen and oxygen atoms in total. The molecule has 3 aromatic carbocycles. The Kier molecular flexibility index (Phi) is 5.26. The van der Waals surface area contributed by atoms with Gasteiger partial charge in [0.25, 0.3) is 0 Å². The largest absolute Gasteiger partial charge is 0.489 e. The molecule has 0 amide bonds. The van der Waals surface area contributed by atoms with Crippen molar-refractivity contribution in [2.45, 2.75) is 13.2 Å². The number of H-pyrrole nitrogens is 1. The molecule has 5 aromatic rings. The molecule has 0 aliphatic heterocycles. The number of nitrogens with zero attached hydrogens (tertiary/aromatic N) is 3. The van der Waals surface area contributed by atoms with E-state index < -0.39 is 0 Å². The van der Waals surface area contributed by atoms with Crippen LogP contribution in [0.25, 0.3) is 22.3 Å². The number of pyridine rings is 1. The van der Waals surface area contributed by atoms with E-state index >= 15 is 0 Å². The fraction of sp³-hybridized carbons (Fsp3) is 0.0800. The summed E-state index contributed by atoms with van der Waals surface area (Å²) in [6.07, 6.45) is 1.49. The van der Waals surface area contributed by atoms with Crippen LogP contribution in [0.2, 0.25) is 0 Å². The van der Waals surface area contributed by atoms with E-state index in [9.17, 15) is 0 Å². The first-order valence-electron chi connectivity index (χ1n) is 9.98. The van der Waals surface area contributed by atoms with Crippen LogP contribution in [0, 0.1) is 0 Å². The lowest BCUT2D eigenvalue weighted by molar-refractivity contribution is 0.293. The lowest BCUT2D eigenvalue weighted by atomic mass is 10.2. The quantitative estimate of drug-likeness (QED) is 0.402. The minimum atomic E-state index is 0.411. The number of hydrogen-bond donors (Lipinski definition) is 1. The molecule has 0 saturated heterocycles. The van der Waals surface area contributed by atoms with Crippen LogP contribution in [0.5, 0.6) is 11.5 Å². The zero-order valence-electron chi connectivity index (χ0n) is 16.7. The van der Waals surface area contributed by atoms with Crippen LogP contribution >= 0.6 is 0 Å². The highest BCUT2D eigenvalue weighted by molar-refractivity contribution is 5.78. The molecule has 2 heterocycles. The maximum absolute atomic E-state index is 5.97. The minimum Gasteiger partial charge on any atom is -0.489 e. The molecule has 31 heavy (non-hydrogen) atoms. The lowest BCUT2D eigenvalue weighted by Crippen LogP contribution is -2.00. The molecule has 6 heteroatoms. The molecule has 0 unspecified atom stereocenters. The van der Waals surface area contributed by atoms with Crippen molar-refractivity contribution in [2.75, 3.05) is 0 Å². The standard InChI is InChI=1S/C25H20N4O2/c1-2-10-24-19(6-1)11-12-21(28-24)16-31-22-8-3-5-18(13-22)15-30-23-9-4-7-20(14-23)25-26-17-27-29-25/h1-14,17H,15-16H2,(H,26,27,29). The average molecular weight is 408 g/mol. The smallest absolute Gasteiger partial charge is 0.155 e. The Morgan fingerprint density at radius 1 is 0.742 bits per heavy atom. The van der Waals surface area contributed by atoms with Gasteiger partial charge < -0.3 is 9.47 Å². The van der Waals surface area contributed by atoms with Gasteiger partial charge in [-0.05, 0) is 42.0 Å². The summed E-state index contributed by atoms with van der Waals surface area (Å²) in [5.41, 5.74) is 3.81. The van der Waals surface area contributed by atoms with Crippen LogP contribution in [0.4, 0.5) is 0 Å². The molecule has 0 fully saturated rings. The van der Waals surface area contributed by atoms with Crippen LogP contribution in [0.15, 0.2) is 91.3 Å². The first-order chi connectivity index (χ1) is 15.3. The summed E-state index contributed by atoms with van der Waals surface area (Å²) >= 11 is 0. The third-order valence-corrected chi connectivity index (χ3v) is 4.87. The Balaban J connectivity index is 1.22. The summed E-state index contributed by atoms with van der Waals surface area (Å²) in [6.45, 7) is 0.847. The van der Waals surface area contributed by atoms with Gasteiger partial charge in [-0.25, -0.2) is 9.97 Å². The van der Waals surface area contributed by atoms with Crippen molar-refractivity contribution in [3.05, 3.63) is 103 Å². The molecule has 2 aromatic heterocycles. The molecule has 0 saturated carbocycles. The molecule has 0 atom stereocenters. The van der Waals surface area contributed by atoms with Gasteiger partial charge in [-0.15, -0.1) is 0 Å². The maximum Gasteiger partial charge on any atom is 0.155 e. The summed E-state index contributed by atoms with van der Waals surface area (Å²) < 4.78 is 11.9. The van der Waals surface area contributed by atoms with Gasteiger partial charge in [0, 0.05) is 10.9 Å². The zero-order chi connectivity index (χ0) is 20.9. The molecule has 5 rings (SSSR count). The van der Waals surface area contributed by atoms with Gasteiger partial charge in [0.1, 0.15) is 31.0 Å². The average Bonchev–Trinajstić information content (AvgIpc) is 3.37. The first kappa shape index (κ1) is 18.8. The monoisotopic (exact) mass is 408 g/mol. The normalized spacial score (nSPS) is 10.8. The van der Waals surface area contributed by atoms with E-state index in [4.69, 9.17) is 9.47 Å². The van der Waals surface area contributed by atoms with E-state index in [2.05, 4.69) is 32.3 Å². The molecule has 0 aliphatic carbocycles. The number of hydrogen-bond acceptors (Lipinski definition) is 5. The third kappa shape index (κ3) is 4.53. The Morgan fingerprint density at radius 2 is 1.58 bits per heavy atom. The highest BCUT2D eigenvalue weighted by Gasteiger charge is 2.05. The second-order valence-corrected chi connectivity index (χ2v) is 7.08. The van der Waals surface area contributed by atoms with Crippen molar-refractivity contribution in [1.29, 1.82) is 0 Å². The minimum absolute atomic E-state index is 0.411. The molecule has 0 bridgehead atoms. The van der Waals surface area contributed by atoms with E-state index in [0.717, 1.165) is 39.2 Å². The summed E-state index contributed by atoms with van der Waals surface area (Å²) in [6, 6.07) is 27.8. The summed E-state index contributed by atoms with van der Waals surface area (Å²) in [5, 5.41) is 7.87. The van der Waals surface area contributed by atoms with Crippen molar-refractivity contribution in [1.82, 2.24) is 20.2 Å².